The molecule has 3 N–H and O–H groups in total. The van der Waals surface area contributed by atoms with Crippen LogP contribution in [-0.4, -0.2) is 50.6 Å². The molecular weight excluding hydrogens is 250 g/mol. The molecule has 3 atom stereocenters. The van der Waals surface area contributed by atoms with Crippen LogP contribution in [0.2, 0.25) is 0 Å². The summed E-state index contributed by atoms with van der Waals surface area (Å²) in [5.74, 6) is 0.310. The molecule has 0 radical (unpaired) electrons. The highest BCUT2D eigenvalue weighted by molar-refractivity contribution is 5.81. The minimum absolute atomic E-state index is 0.137. The first-order valence-electron chi connectivity index (χ1n) is 5.96. The lowest BCUT2D eigenvalue weighted by Crippen LogP contribution is -2.19. The predicted molar refractivity (Wildman–Crippen MR) is 66.1 cm³/mol. The highest BCUT2D eigenvalue weighted by Crippen LogP contribution is 2.31. The van der Waals surface area contributed by atoms with Crippen LogP contribution in [-0.2, 0) is 9.47 Å². The van der Waals surface area contributed by atoms with Crippen LogP contribution in [0.25, 0.3) is 11.2 Å². The third-order valence-electron chi connectivity index (χ3n) is 3.18. The van der Waals surface area contributed by atoms with Crippen LogP contribution in [0.1, 0.15) is 12.6 Å². The summed E-state index contributed by atoms with van der Waals surface area (Å²) in [6, 6.07) is 0. The number of imidazole rings is 1. The average Bonchev–Trinajstić information content (AvgIpc) is 2.94. The molecule has 1 aliphatic heterocycles. The van der Waals surface area contributed by atoms with Crippen molar-refractivity contribution < 1.29 is 14.6 Å². The Morgan fingerprint density at radius 1 is 1.53 bits per heavy atom. The molecule has 0 saturated carbocycles. The van der Waals surface area contributed by atoms with E-state index in [4.69, 9.17) is 15.2 Å². The topological polar surface area (TPSA) is 108 Å². The number of hydrogen-bond acceptors (Lipinski definition) is 7. The van der Waals surface area contributed by atoms with Crippen LogP contribution in [0, 0.1) is 0 Å². The van der Waals surface area contributed by atoms with Crippen LogP contribution >= 0.6 is 0 Å². The molecule has 2 aromatic rings. The van der Waals surface area contributed by atoms with Gasteiger partial charge in [0.05, 0.1) is 19.0 Å². The molecule has 1 fully saturated rings. The molecule has 0 spiro atoms. The van der Waals surface area contributed by atoms with Gasteiger partial charge in [0, 0.05) is 13.5 Å². The zero-order valence-electron chi connectivity index (χ0n) is 10.4. The zero-order chi connectivity index (χ0) is 13.4. The summed E-state index contributed by atoms with van der Waals surface area (Å²) in [5.41, 5.74) is 6.79. The Balaban J connectivity index is 1.94. The second-order valence-electron chi connectivity index (χ2n) is 4.49. The number of fused-ring (bicyclic) bond motifs is 1. The molecule has 8 heteroatoms. The Morgan fingerprint density at radius 3 is 3.16 bits per heavy atom. The quantitative estimate of drug-likeness (QED) is 0.784. The fraction of sp³-hybridized carbons (Fsp3) is 0.545. The maximum atomic E-state index is 10.1. The standard InChI is InChI=1S/C11H15N5O3/c1-18-3-6-2-7(17)11(19-6)16-5-15-8-9(12)13-4-14-10(8)16/h4-7,11,17H,2-3H2,1H3,(H2,12,13,14)/t6-,7+,11+/m0/s1. The molecule has 0 amide bonds. The maximum Gasteiger partial charge on any atom is 0.167 e. The molecule has 0 bridgehead atoms. The van der Waals surface area contributed by atoms with Gasteiger partial charge in [-0.2, -0.15) is 0 Å². The average molecular weight is 265 g/mol. The third kappa shape index (κ3) is 2.03. The monoisotopic (exact) mass is 265 g/mol. The Bertz CT molecular complexity index is 587. The summed E-state index contributed by atoms with van der Waals surface area (Å²) in [4.78, 5) is 12.2. The van der Waals surface area contributed by atoms with Gasteiger partial charge in [-0.3, -0.25) is 4.57 Å². The number of nitrogen functional groups attached to an aromatic ring is 1. The van der Waals surface area contributed by atoms with Crippen molar-refractivity contribution >= 4 is 17.0 Å². The number of anilines is 1. The van der Waals surface area contributed by atoms with Crippen molar-refractivity contribution in [2.75, 3.05) is 19.5 Å². The van der Waals surface area contributed by atoms with Gasteiger partial charge in [0.1, 0.15) is 17.9 Å². The fourth-order valence-electron chi connectivity index (χ4n) is 2.33. The Kier molecular flexibility index (Phi) is 3.05. The lowest BCUT2D eigenvalue weighted by molar-refractivity contribution is -0.0541. The summed E-state index contributed by atoms with van der Waals surface area (Å²) < 4.78 is 12.5. The smallest absolute Gasteiger partial charge is 0.167 e. The van der Waals surface area contributed by atoms with Crippen molar-refractivity contribution in [1.82, 2.24) is 19.5 Å². The van der Waals surface area contributed by atoms with E-state index in [0.29, 0.717) is 30.0 Å². The van der Waals surface area contributed by atoms with Crippen molar-refractivity contribution in [1.29, 1.82) is 0 Å². The van der Waals surface area contributed by atoms with Gasteiger partial charge in [-0.1, -0.05) is 0 Å². The maximum absolute atomic E-state index is 10.1. The Hall–Kier alpha value is -1.77. The molecular formula is C11H15N5O3. The van der Waals surface area contributed by atoms with E-state index in [1.807, 2.05) is 0 Å². The third-order valence-corrected chi connectivity index (χ3v) is 3.18. The zero-order valence-corrected chi connectivity index (χ0v) is 10.4. The molecule has 3 rings (SSSR count). The van der Waals surface area contributed by atoms with E-state index < -0.39 is 12.3 Å². The number of aliphatic hydroxyl groups excluding tert-OH is 1. The largest absolute Gasteiger partial charge is 0.388 e. The normalized spacial score (nSPS) is 27.2. The van der Waals surface area contributed by atoms with Gasteiger partial charge in [0.25, 0.3) is 0 Å². The number of nitrogens with zero attached hydrogens (tertiary/aromatic N) is 4. The molecule has 1 saturated heterocycles. The van der Waals surface area contributed by atoms with Crippen LogP contribution in [0.3, 0.4) is 0 Å². The van der Waals surface area contributed by atoms with Crippen molar-refractivity contribution in [2.45, 2.75) is 24.9 Å². The Labute approximate surface area is 109 Å². The van der Waals surface area contributed by atoms with Gasteiger partial charge < -0.3 is 20.3 Å². The molecule has 102 valence electrons. The summed E-state index contributed by atoms with van der Waals surface area (Å²) in [6.07, 6.45) is 2.14. The highest BCUT2D eigenvalue weighted by atomic mass is 16.6. The van der Waals surface area contributed by atoms with E-state index in [0.717, 1.165) is 0 Å². The van der Waals surface area contributed by atoms with E-state index in [-0.39, 0.29) is 6.10 Å². The first-order valence-corrected chi connectivity index (χ1v) is 5.96. The van der Waals surface area contributed by atoms with Gasteiger partial charge in [-0.15, -0.1) is 0 Å². The van der Waals surface area contributed by atoms with E-state index in [1.54, 1.807) is 18.0 Å². The Morgan fingerprint density at radius 2 is 2.37 bits per heavy atom. The molecule has 19 heavy (non-hydrogen) atoms. The van der Waals surface area contributed by atoms with Crippen LogP contribution < -0.4 is 5.73 Å². The van der Waals surface area contributed by atoms with Gasteiger partial charge in [0.15, 0.2) is 17.7 Å². The van der Waals surface area contributed by atoms with Gasteiger partial charge in [0.2, 0.25) is 0 Å². The molecule has 3 heterocycles. The molecule has 1 aliphatic rings. The highest BCUT2D eigenvalue weighted by Gasteiger charge is 2.36. The number of nitrogens with two attached hydrogens (primary N) is 1. The summed E-state index contributed by atoms with van der Waals surface area (Å²) >= 11 is 0. The summed E-state index contributed by atoms with van der Waals surface area (Å²) in [7, 11) is 1.60. The molecule has 2 aromatic heterocycles. The van der Waals surface area contributed by atoms with Crippen molar-refractivity contribution in [3.8, 4) is 0 Å². The molecule has 0 aliphatic carbocycles. The minimum atomic E-state index is -0.631. The van der Waals surface area contributed by atoms with Gasteiger partial charge >= 0.3 is 0 Å². The van der Waals surface area contributed by atoms with E-state index in [2.05, 4.69) is 15.0 Å². The summed E-state index contributed by atoms with van der Waals surface area (Å²) in [6.45, 7) is 0.442. The van der Waals surface area contributed by atoms with E-state index in [9.17, 15) is 5.11 Å². The van der Waals surface area contributed by atoms with Crippen LogP contribution in [0.5, 0.6) is 0 Å². The van der Waals surface area contributed by atoms with E-state index >= 15 is 0 Å². The number of ether oxygens (including phenoxy) is 2. The summed E-state index contributed by atoms with van der Waals surface area (Å²) in [5, 5.41) is 10.1. The lowest BCUT2D eigenvalue weighted by atomic mass is 10.2. The second-order valence-corrected chi connectivity index (χ2v) is 4.49. The number of hydrogen-bond donors (Lipinski definition) is 2. The van der Waals surface area contributed by atoms with Crippen LogP contribution in [0.15, 0.2) is 12.7 Å². The first kappa shape index (κ1) is 12.3. The number of methoxy groups -OCH3 is 1. The second kappa shape index (κ2) is 4.72. The van der Waals surface area contributed by atoms with Crippen molar-refractivity contribution in [3.63, 3.8) is 0 Å². The number of rotatable bonds is 3. The van der Waals surface area contributed by atoms with Crippen LogP contribution in [0.4, 0.5) is 5.82 Å². The predicted octanol–water partition coefficient (Wildman–Crippen LogP) is -0.297. The SMILES string of the molecule is COC[C@@H]1C[C@@H](O)[C@H](n2cnc3c(N)ncnc32)O1. The molecule has 0 unspecified atom stereocenters. The fourth-order valence-corrected chi connectivity index (χ4v) is 2.33. The van der Waals surface area contributed by atoms with E-state index in [1.165, 1.54) is 6.33 Å². The van der Waals surface area contributed by atoms with Crippen molar-refractivity contribution in [3.05, 3.63) is 12.7 Å². The van der Waals surface area contributed by atoms with Crippen molar-refractivity contribution in [2.24, 2.45) is 0 Å². The number of aromatic nitrogens is 4. The van der Waals surface area contributed by atoms with Gasteiger partial charge in [-0.05, 0) is 0 Å². The number of aliphatic hydroxyl groups is 1. The minimum Gasteiger partial charge on any atom is -0.388 e. The lowest BCUT2D eigenvalue weighted by Gasteiger charge is -2.16. The first-order chi connectivity index (χ1) is 9.20. The molecule has 8 nitrogen and oxygen atoms in total. The van der Waals surface area contributed by atoms with Gasteiger partial charge in [-0.25, -0.2) is 15.0 Å². The molecule has 0 aromatic carbocycles.